The smallest absolute Gasteiger partial charge is 0.0652 e. The molecule has 2 saturated carbocycles. The van der Waals surface area contributed by atoms with E-state index in [1.54, 1.807) is 0 Å². The van der Waals surface area contributed by atoms with Crippen LogP contribution in [-0.4, -0.2) is 17.8 Å². The van der Waals surface area contributed by atoms with E-state index in [4.69, 9.17) is 5.73 Å². The van der Waals surface area contributed by atoms with Crippen LogP contribution in [0.5, 0.6) is 0 Å². The molecule has 5 atom stereocenters. The van der Waals surface area contributed by atoms with Crippen LogP contribution in [0.25, 0.3) is 0 Å². The Morgan fingerprint density at radius 2 is 2.05 bits per heavy atom. The third-order valence-corrected chi connectivity index (χ3v) is 5.92. The summed E-state index contributed by atoms with van der Waals surface area (Å²) in [5.41, 5.74) is 7.11. The Labute approximate surface area is 123 Å². The van der Waals surface area contributed by atoms with E-state index in [0.29, 0.717) is 12.5 Å². The van der Waals surface area contributed by atoms with Crippen LogP contribution in [0.3, 0.4) is 0 Å². The number of aliphatic hydroxyl groups excluding tert-OH is 1. The monoisotopic (exact) mass is 323 g/mol. The summed E-state index contributed by atoms with van der Waals surface area (Å²) < 4.78 is 1.06. The summed E-state index contributed by atoms with van der Waals surface area (Å²) in [5.74, 6) is 2.11. The molecular formula is C16H22BrNO. The van der Waals surface area contributed by atoms with Crippen molar-refractivity contribution in [2.24, 2.45) is 23.5 Å². The average Bonchev–Trinajstić information content (AvgIpc) is 3.04. The first kappa shape index (κ1) is 13.6. The van der Waals surface area contributed by atoms with Crippen molar-refractivity contribution < 1.29 is 5.11 Å². The molecule has 2 aliphatic rings. The molecule has 1 aromatic carbocycles. The fourth-order valence-electron chi connectivity index (χ4n) is 4.24. The lowest BCUT2D eigenvalue weighted by molar-refractivity contribution is 0.0530. The highest BCUT2D eigenvalue weighted by atomic mass is 79.9. The fraction of sp³-hybridized carbons (Fsp3) is 0.625. The molecule has 0 saturated heterocycles. The molecule has 1 aromatic rings. The molecule has 0 heterocycles. The highest BCUT2D eigenvalue weighted by Gasteiger charge is 2.44. The molecule has 0 radical (unpaired) electrons. The minimum absolute atomic E-state index is 0.0555. The van der Waals surface area contributed by atoms with E-state index in [-0.39, 0.29) is 12.0 Å². The Kier molecular flexibility index (Phi) is 3.97. The number of fused-ring (bicyclic) bond motifs is 2. The predicted octanol–water partition coefficient (Wildman–Crippen LogP) is 3.29. The van der Waals surface area contributed by atoms with E-state index in [2.05, 4.69) is 22.0 Å². The molecule has 0 spiro atoms. The van der Waals surface area contributed by atoms with Gasteiger partial charge in [-0.15, -0.1) is 0 Å². The van der Waals surface area contributed by atoms with Gasteiger partial charge in [-0.1, -0.05) is 40.5 Å². The molecule has 5 unspecified atom stereocenters. The van der Waals surface area contributed by atoms with Crippen LogP contribution in [-0.2, 0) is 0 Å². The van der Waals surface area contributed by atoms with E-state index in [1.165, 1.54) is 25.7 Å². The zero-order valence-corrected chi connectivity index (χ0v) is 12.7. The van der Waals surface area contributed by atoms with E-state index in [1.807, 2.05) is 18.2 Å². The summed E-state index contributed by atoms with van der Waals surface area (Å²) in [6.45, 7) is 0.512. The highest BCUT2D eigenvalue weighted by molar-refractivity contribution is 9.10. The van der Waals surface area contributed by atoms with Gasteiger partial charge in [-0.05, 0) is 48.6 Å². The largest absolute Gasteiger partial charge is 0.392 e. The van der Waals surface area contributed by atoms with Gasteiger partial charge in [-0.3, -0.25) is 0 Å². The molecular weight excluding hydrogens is 302 g/mol. The van der Waals surface area contributed by atoms with Crippen molar-refractivity contribution in [1.29, 1.82) is 0 Å². The van der Waals surface area contributed by atoms with Gasteiger partial charge in [0.25, 0.3) is 0 Å². The molecule has 2 nitrogen and oxygen atoms in total. The summed E-state index contributed by atoms with van der Waals surface area (Å²) >= 11 is 3.59. The SMILES string of the molecule is NCC(c1ccccc1Br)C(O)C1CC2CCC1C2. The van der Waals surface area contributed by atoms with Crippen LogP contribution >= 0.6 is 15.9 Å². The molecule has 0 amide bonds. The summed E-state index contributed by atoms with van der Waals surface area (Å²) in [6, 6.07) is 8.14. The molecule has 19 heavy (non-hydrogen) atoms. The summed E-state index contributed by atoms with van der Waals surface area (Å²) in [7, 11) is 0. The van der Waals surface area contributed by atoms with Gasteiger partial charge in [0, 0.05) is 16.9 Å². The molecule has 2 fully saturated rings. The predicted molar refractivity (Wildman–Crippen MR) is 80.9 cm³/mol. The van der Waals surface area contributed by atoms with Gasteiger partial charge in [-0.25, -0.2) is 0 Å². The van der Waals surface area contributed by atoms with Crippen molar-refractivity contribution in [1.82, 2.24) is 0 Å². The first-order chi connectivity index (χ1) is 9.20. The van der Waals surface area contributed by atoms with Gasteiger partial charge in [0.05, 0.1) is 6.10 Å². The summed E-state index contributed by atoms with van der Waals surface area (Å²) in [5, 5.41) is 10.8. The molecule has 0 aliphatic heterocycles. The Balaban J connectivity index is 1.81. The second-order valence-electron chi connectivity index (χ2n) is 6.19. The molecule has 0 aromatic heterocycles. The fourth-order valence-corrected chi connectivity index (χ4v) is 4.82. The van der Waals surface area contributed by atoms with Gasteiger partial charge < -0.3 is 10.8 Å². The molecule has 3 heteroatoms. The van der Waals surface area contributed by atoms with Crippen molar-refractivity contribution in [3.63, 3.8) is 0 Å². The van der Waals surface area contributed by atoms with Crippen LogP contribution in [0.1, 0.15) is 37.2 Å². The lowest BCUT2D eigenvalue weighted by atomic mass is 9.77. The number of rotatable bonds is 4. The molecule has 2 bridgehead atoms. The van der Waals surface area contributed by atoms with Gasteiger partial charge in [0.1, 0.15) is 0 Å². The van der Waals surface area contributed by atoms with E-state index < -0.39 is 0 Å². The van der Waals surface area contributed by atoms with E-state index in [0.717, 1.165) is 21.9 Å². The first-order valence-electron chi connectivity index (χ1n) is 7.33. The topological polar surface area (TPSA) is 46.2 Å². The standard InChI is InChI=1S/C16H22BrNO/c17-15-4-2-1-3-12(15)14(9-18)16(19)13-8-10-5-6-11(13)7-10/h1-4,10-11,13-14,16,19H,5-9,18H2. The van der Waals surface area contributed by atoms with Crippen molar-refractivity contribution in [2.45, 2.75) is 37.7 Å². The number of hydrogen-bond donors (Lipinski definition) is 2. The Hall–Kier alpha value is -0.380. The van der Waals surface area contributed by atoms with Crippen molar-refractivity contribution in [2.75, 3.05) is 6.54 Å². The van der Waals surface area contributed by atoms with Crippen LogP contribution in [0.4, 0.5) is 0 Å². The minimum Gasteiger partial charge on any atom is -0.392 e. The third-order valence-electron chi connectivity index (χ3n) is 5.20. The van der Waals surface area contributed by atoms with Gasteiger partial charge in [0.2, 0.25) is 0 Å². The zero-order valence-electron chi connectivity index (χ0n) is 11.1. The maximum absolute atomic E-state index is 10.8. The van der Waals surface area contributed by atoms with Crippen LogP contribution in [0.15, 0.2) is 28.7 Å². The number of nitrogens with two attached hydrogens (primary N) is 1. The van der Waals surface area contributed by atoms with Gasteiger partial charge in [0.15, 0.2) is 0 Å². The van der Waals surface area contributed by atoms with Crippen LogP contribution in [0, 0.1) is 17.8 Å². The number of hydrogen-bond acceptors (Lipinski definition) is 2. The maximum Gasteiger partial charge on any atom is 0.0652 e. The van der Waals surface area contributed by atoms with E-state index >= 15 is 0 Å². The first-order valence-corrected chi connectivity index (χ1v) is 8.12. The van der Waals surface area contributed by atoms with Gasteiger partial charge in [-0.2, -0.15) is 0 Å². The molecule has 3 N–H and O–H groups in total. The molecule has 104 valence electrons. The quantitative estimate of drug-likeness (QED) is 0.893. The molecule has 2 aliphatic carbocycles. The van der Waals surface area contributed by atoms with Gasteiger partial charge >= 0.3 is 0 Å². The second-order valence-corrected chi connectivity index (χ2v) is 7.05. The van der Waals surface area contributed by atoms with Crippen molar-refractivity contribution in [3.05, 3.63) is 34.3 Å². The second kappa shape index (κ2) is 5.55. The van der Waals surface area contributed by atoms with Crippen molar-refractivity contribution in [3.8, 4) is 0 Å². The number of halogens is 1. The average molecular weight is 324 g/mol. The molecule has 3 rings (SSSR count). The van der Waals surface area contributed by atoms with Crippen LogP contribution < -0.4 is 5.73 Å². The van der Waals surface area contributed by atoms with E-state index in [9.17, 15) is 5.11 Å². The maximum atomic E-state index is 10.8. The Bertz CT molecular complexity index is 450. The minimum atomic E-state index is -0.293. The normalized spacial score (nSPS) is 32.5. The number of benzene rings is 1. The lowest BCUT2D eigenvalue weighted by Gasteiger charge is -2.32. The van der Waals surface area contributed by atoms with Crippen molar-refractivity contribution >= 4 is 15.9 Å². The number of aliphatic hydroxyl groups is 1. The summed E-state index contributed by atoms with van der Waals surface area (Å²) in [6.07, 6.45) is 4.91. The zero-order chi connectivity index (χ0) is 13.4. The van der Waals surface area contributed by atoms with Crippen LogP contribution in [0.2, 0.25) is 0 Å². The Morgan fingerprint density at radius 3 is 2.63 bits per heavy atom. The highest BCUT2D eigenvalue weighted by Crippen LogP contribution is 2.51. The Morgan fingerprint density at radius 1 is 1.26 bits per heavy atom. The lowest BCUT2D eigenvalue weighted by Crippen LogP contribution is -2.35. The third kappa shape index (κ3) is 2.48. The summed E-state index contributed by atoms with van der Waals surface area (Å²) in [4.78, 5) is 0.